The lowest BCUT2D eigenvalue weighted by Gasteiger charge is -2.32. The average molecular weight is 498 g/mol. The fraction of sp³-hybridized carbons (Fsp3) is 0.692. The molecule has 2 N–H and O–H groups in total. The van der Waals surface area contributed by atoms with E-state index in [4.69, 9.17) is 5.11 Å². The minimum absolute atomic E-state index is 0.0913. The van der Waals surface area contributed by atoms with Gasteiger partial charge in [-0.3, -0.25) is 9.00 Å². The van der Waals surface area contributed by atoms with Gasteiger partial charge in [0, 0.05) is 21.4 Å². The normalized spacial score (nSPS) is 17.0. The van der Waals surface area contributed by atoms with Gasteiger partial charge in [-0.25, -0.2) is 4.98 Å². The van der Waals surface area contributed by atoms with Gasteiger partial charge in [-0.05, 0) is 78.7 Å². The maximum Gasteiger partial charge on any atom is 0.306 e. The molecule has 0 aliphatic heterocycles. The Morgan fingerprint density at radius 2 is 1.91 bits per heavy atom. The predicted octanol–water partition coefficient (Wildman–Crippen LogP) is 6.53. The first kappa shape index (κ1) is 29.7. The topological polar surface area (TPSA) is 87.5 Å². The summed E-state index contributed by atoms with van der Waals surface area (Å²) in [5.74, 6) is -0.645. The van der Waals surface area contributed by atoms with E-state index in [1.54, 1.807) is 25.2 Å². The van der Waals surface area contributed by atoms with Crippen LogP contribution in [0.5, 0.6) is 0 Å². The second-order valence-electron chi connectivity index (χ2n) is 9.93. The number of aromatic nitrogens is 1. The van der Waals surface area contributed by atoms with E-state index in [1.807, 2.05) is 13.8 Å². The van der Waals surface area contributed by atoms with Crippen LogP contribution in [0.1, 0.15) is 97.2 Å². The number of hydrogen-bond donors (Lipinski definition) is 2. The third-order valence-corrected chi connectivity index (χ3v) is 9.14. The molecule has 0 spiro atoms. The van der Waals surface area contributed by atoms with Gasteiger partial charge in [0.2, 0.25) is 0 Å². The van der Waals surface area contributed by atoms with Crippen molar-refractivity contribution in [2.24, 2.45) is 5.92 Å². The molecule has 0 aliphatic carbocycles. The number of aliphatic hydroxyl groups excluding tert-OH is 1. The molecule has 1 aromatic heterocycles. The molecule has 5 nitrogen and oxygen atoms in total. The van der Waals surface area contributed by atoms with Crippen molar-refractivity contribution >= 4 is 34.2 Å². The van der Waals surface area contributed by atoms with E-state index in [2.05, 4.69) is 43.3 Å². The number of carbonyl (C=O) groups is 1. The monoisotopic (exact) mass is 497 g/mol. The van der Waals surface area contributed by atoms with E-state index in [-0.39, 0.29) is 11.7 Å². The fourth-order valence-corrected chi connectivity index (χ4v) is 6.45. The second kappa shape index (κ2) is 14.2. The SMILES string of the molecule is C/C(=C/CC/C(C)=C/c1csc(C)n1)CCCC(C)CC(C)S(=O)C(C)(C)C(O)CC(=O)O. The molecule has 4 unspecified atom stereocenters. The fourth-order valence-electron chi connectivity index (χ4n) is 3.98. The minimum Gasteiger partial charge on any atom is -0.481 e. The zero-order valence-corrected chi connectivity index (χ0v) is 23.0. The molecule has 1 heterocycles. The minimum atomic E-state index is -1.31. The van der Waals surface area contributed by atoms with Crippen molar-refractivity contribution in [2.75, 3.05) is 0 Å². The third-order valence-electron chi connectivity index (χ3n) is 6.12. The summed E-state index contributed by atoms with van der Waals surface area (Å²) in [5, 5.41) is 22.2. The average Bonchev–Trinajstić information content (AvgIpc) is 3.11. The summed E-state index contributed by atoms with van der Waals surface area (Å²) in [7, 11) is -1.31. The summed E-state index contributed by atoms with van der Waals surface area (Å²) in [6.07, 6.45) is 9.11. The van der Waals surface area contributed by atoms with Gasteiger partial charge in [0.15, 0.2) is 0 Å². The van der Waals surface area contributed by atoms with Crippen molar-refractivity contribution < 1.29 is 19.2 Å². The first-order valence-electron chi connectivity index (χ1n) is 11.9. The number of hydrogen-bond acceptors (Lipinski definition) is 5. The van der Waals surface area contributed by atoms with Gasteiger partial charge in [0.25, 0.3) is 0 Å². The molecule has 0 fully saturated rings. The van der Waals surface area contributed by atoms with Crippen LogP contribution < -0.4 is 0 Å². The Bertz CT molecular complexity index is 841. The number of rotatable bonds is 15. The number of thiazole rings is 1. The maximum absolute atomic E-state index is 12.9. The summed E-state index contributed by atoms with van der Waals surface area (Å²) in [6.45, 7) is 13.9. The molecule has 1 aromatic rings. The summed E-state index contributed by atoms with van der Waals surface area (Å²) in [4.78, 5) is 15.4. The number of allylic oxidation sites excluding steroid dienone is 3. The Hall–Kier alpha value is -1.31. The van der Waals surface area contributed by atoms with E-state index < -0.39 is 27.6 Å². The van der Waals surface area contributed by atoms with Crippen molar-refractivity contribution in [1.29, 1.82) is 0 Å². The Balaban J connectivity index is 2.38. The van der Waals surface area contributed by atoms with E-state index in [1.165, 1.54) is 11.1 Å². The first-order chi connectivity index (χ1) is 15.3. The van der Waals surface area contributed by atoms with Crippen LogP contribution in [0.25, 0.3) is 6.08 Å². The lowest BCUT2D eigenvalue weighted by atomic mass is 9.97. The molecule has 0 amide bonds. The van der Waals surface area contributed by atoms with Crippen molar-refractivity contribution in [3.05, 3.63) is 33.3 Å². The maximum atomic E-state index is 12.9. The summed E-state index contributed by atoms with van der Waals surface area (Å²) >= 11 is 1.68. The van der Waals surface area contributed by atoms with Gasteiger partial charge in [-0.2, -0.15) is 0 Å². The van der Waals surface area contributed by atoms with Crippen LogP contribution in [-0.2, 0) is 15.6 Å². The van der Waals surface area contributed by atoms with Gasteiger partial charge >= 0.3 is 5.97 Å². The molecule has 0 saturated heterocycles. The predicted molar refractivity (Wildman–Crippen MR) is 141 cm³/mol. The second-order valence-corrected chi connectivity index (χ2v) is 13.4. The van der Waals surface area contributed by atoms with E-state index in [9.17, 15) is 14.1 Å². The van der Waals surface area contributed by atoms with Gasteiger partial charge in [-0.15, -0.1) is 11.3 Å². The van der Waals surface area contributed by atoms with Crippen LogP contribution in [0.4, 0.5) is 0 Å². The largest absolute Gasteiger partial charge is 0.481 e. The highest BCUT2D eigenvalue weighted by Gasteiger charge is 2.38. The van der Waals surface area contributed by atoms with Crippen LogP contribution >= 0.6 is 11.3 Å². The Kier molecular flexibility index (Phi) is 12.8. The highest BCUT2D eigenvalue weighted by Crippen LogP contribution is 2.28. The molecular formula is C26H43NO4S2. The zero-order chi connectivity index (χ0) is 25.2. The summed E-state index contributed by atoms with van der Waals surface area (Å²) in [5.41, 5.74) is 3.81. The number of aliphatic carboxylic acids is 1. The van der Waals surface area contributed by atoms with Crippen LogP contribution in [-0.4, -0.2) is 41.5 Å². The molecule has 1 rings (SSSR count). The summed E-state index contributed by atoms with van der Waals surface area (Å²) in [6, 6.07) is 0. The van der Waals surface area contributed by atoms with Gasteiger partial charge in [-0.1, -0.05) is 37.5 Å². The number of aryl methyl sites for hydroxylation is 1. The molecule has 0 radical (unpaired) electrons. The molecule has 0 aliphatic rings. The number of carboxylic acids is 1. The summed E-state index contributed by atoms with van der Waals surface area (Å²) < 4.78 is 12.0. The lowest BCUT2D eigenvalue weighted by Crippen LogP contribution is -2.45. The molecular weight excluding hydrogens is 454 g/mol. The van der Waals surface area contributed by atoms with Gasteiger partial charge in [0.1, 0.15) is 0 Å². The van der Waals surface area contributed by atoms with Crippen LogP contribution in [0.15, 0.2) is 22.6 Å². The van der Waals surface area contributed by atoms with Crippen molar-refractivity contribution in [3.63, 3.8) is 0 Å². The quantitative estimate of drug-likeness (QED) is 0.269. The van der Waals surface area contributed by atoms with Crippen LogP contribution in [0.2, 0.25) is 0 Å². The van der Waals surface area contributed by atoms with E-state index in [0.717, 1.165) is 49.2 Å². The highest BCUT2D eigenvalue weighted by atomic mass is 32.2. The molecule has 0 saturated carbocycles. The number of nitrogens with zero attached hydrogens (tertiary/aromatic N) is 1. The van der Waals surface area contributed by atoms with Crippen LogP contribution in [0, 0.1) is 12.8 Å². The van der Waals surface area contributed by atoms with Crippen molar-refractivity contribution in [2.45, 2.75) is 110 Å². The molecule has 0 bridgehead atoms. The molecule has 7 heteroatoms. The Morgan fingerprint density at radius 3 is 2.48 bits per heavy atom. The highest BCUT2D eigenvalue weighted by molar-refractivity contribution is 7.87. The molecule has 0 aromatic carbocycles. The Morgan fingerprint density at radius 1 is 1.24 bits per heavy atom. The van der Waals surface area contributed by atoms with E-state index in [0.29, 0.717) is 5.92 Å². The molecule has 33 heavy (non-hydrogen) atoms. The third kappa shape index (κ3) is 11.1. The van der Waals surface area contributed by atoms with E-state index >= 15 is 0 Å². The van der Waals surface area contributed by atoms with Crippen molar-refractivity contribution in [3.8, 4) is 0 Å². The van der Waals surface area contributed by atoms with Gasteiger partial charge < -0.3 is 10.2 Å². The van der Waals surface area contributed by atoms with Crippen LogP contribution in [0.3, 0.4) is 0 Å². The van der Waals surface area contributed by atoms with Crippen molar-refractivity contribution in [1.82, 2.24) is 4.98 Å². The molecule has 188 valence electrons. The number of aliphatic hydroxyl groups is 1. The standard InChI is InChI=1S/C26H43NO4S2/c1-18(11-9-13-20(3)15-23-17-32-22(5)27-23)10-8-12-19(2)14-21(4)33(31)26(6,7)24(28)16-25(29)30/h11,15,17,19,21,24,28H,8-10,12-14,16H2,1-7H3,(H,29,30)/b18-11-,20-15+. The van der Waals surface area contributed by atoms with Gasteiger partial charge in [0.05, 0.1) is 28.0 Å². The lowest BCUT2D eigenvalue weighted by molar-refractivity contribution is -0.139. The molecule has 4 atom stereocenters. The zero-order valence-electron chi connectivity index (χ0n) is 21.4. The smallest absolute Gasteiger partial charge is 0.306 e. The number of carboxylic acid groups (broad SMARTS) is 1. The first-order valence-corrected chi connectivity index (χ1v) is 14.0. The Labute approximate surface area is 206 Å².